The Morgan fingerprint density at radius 3 is 2.74 bits per heavy atom. The summed E-state index contributed by atoms with van der Waals surface area (Å²) in [7, 11) is -1.52. The minimum Gasteiger partial charge on any atom is -0.292 e. The number of hydrogen-bond acceptors (Lipinski definition) is 6. The van der Waals surface area contributed by atoms with Gasteiger partial charge in [-0.15, -0.1) is 5.10 Å². The molecule has 0 atom stereocenters. The van der Waals surface area contributed by atoms with Crippen LogP contribution in [0, 0.1) is 0 Å². The van der Waals surface area contributed by atoms with Crippen LogP contribution in [-0.4, -0.2) is 50.7 Å². The highest BCUT2D eigenvalue weighted by Gasteiger charge is 2.14. The van der Waals surface area contributed by atoms with Crippen molar-refractivity contribution in [3.63, 3.8) is 0 Å². The number of hydrogen-bond donors (Lipinski definition) is 1. The van der Waals surface area contributed by atoms with Gasteiger partial charge in [-0.2, -0.15) is 10.1 Å². The number of aromatic nitrogens is 5. The molecule has 0 unspecified atom stereocenters. The summed E-state index contributed by atoms with van der Waals surface area (Å²) >= 11 is 0. The van der Waals surface area contributed by atoms with Crippen molar-refractivity contribution < 1.29 is 13.2 Å². The Morgan fingerprint density at radius 2 is 1.96 bits per heavy atom. The Bertz CT molecular complexity index is 1290. The van der Waals surface area contributed by atoms with Gasteiger partial charge in [-0.25, -0.2) is 12.9 Å². The van der Waals surface area contributed by atoms with Gasteiger partial charge in [0.05, 0.1) is 11.7 Å². The van der Waals surface area contributed by atoms with E-state index in [-0.39, 0.29) is 5.95 Å². The molecule has 0 bridgehead atoms. The summed E-state index contributed by atoms with van der Waals surface area (Å²) in [5.74, 6) is -1.22. The molecule has 1 amide bonds. The maximum atomic E-state index is 11.7. The lowest BCUT2D eigenvalue weighted by Gasteiger charge is -2.03. The number of pyridine rings is 1. The third-order valence-electron chi connectivity index (χ3n) is 4.06. The Balaban J connectivity index is 1.64. The monoisotopic (exact) mass is 384 g/mol. The van der Waals surface area contributed by atoms with E-state index in [9.17, 15) is 13.2 Å². The van der Waals surface area contributed by atoms with Gasteiger partial charge in [0.15, 0.2) is 15.5 Å². The fourth-order valence-electron chi connectivity index (χ4n) is 2.85. The SMILES string of the molecule is Cn1ncc2cc(-c3ccc4nc(NC(=O)CS(C)(=O)=O)nn4c3)ccc21. The topological polar surface area (TPSA) is 111 Å². The summed E-state index contributed by atoms with van der Waals surface area (Å²) < 4.78 is 25.7. The van der Waals surface area contributed by atoms with Gasteiger partial charge < -0.3 is 0 Å². The van der Waals surface area contributed by atoms with Crippen LogP contribution in [0.5, 0.6) is 0 Å². The normalized spacial score (nSPS) is 11.9. The molecule has 3 aromatic heterocycles. The molecule has 0 radical (unpaired) electrons. The number of fused-ring (bicyclic) bond motifs is 2. The number of benzene rings is 1. The molecule has 0 fully saturated rings. The fourth-order valence-corrected chi connectivity index (χ4v) is 3.40. The molecule has 0 spiro atoms. The first-order valence-corrected chi connectivity index (χ1v) is 10.1. The number of carbonyl (C=O) groups is 1. The van der Waals surface area contributed by atoms with E-state index < -0.39 is 21.5 Å². The second-order valence-electron chi connectivity index (χ2n) is 6.32. The lowest BCUT2D eigenvalue weighted by molar-refractivity contribution is -0.113. The van der Waals surface area contributed by atoms with Crippen LogP contribution in [0.2, 0.25) is 0 Å². The van der Waals surface area contributed by atoms with E-state index >= 15 is 0 Å². The number of nitrogens with zero attached hydrogens (tertiary/aromatic N) is 5. The number of nitrogens with one attached hydrogen (secondary N) is 1. The van der Waals surface area contributed by atoms with E-state index in [0.29, 0.717) is 5.65 Å². The maximum absolute atomic E-state index is 11.7. The van der Waals surface area contributed by atoms with Crippen molar-refractivity contribution in [3.05, 3.63) is 42.7 Å². The maximum Gasteiger partial charge on any atom is 0.249 e. The van der Waals surface area contributed by atoms with Crippen LogP contribution in [0.25, 0.3) is 27.7 Å². The summed E-state index contributed by atoms with van der Waals surface area (Å²) in [5, 5.41) is 11.9. The van der Waals surface area contributed by atoms with Crippen molar-refractivity contribution >= 4 is 38.2 Å². The molecular formula is C17H16N6O3S. The second kappa shape index (κ2) is 6.16. The number of rotatable bonds is 4. The van der Waals surface area contributed by atoms with Crippen LogP contribution in [-0.2, 0) is 21.7 Å². The summed E-state index contributed by atoms with van der Waals surface area (Å²) in [6.45, 7) is 0. The quantitative estimate of drug-likeness (QED) is 0.567. The van der Waals surface area contributed by atoms with Crippen molar-refractivity contribution in [2.24, 2.45) is 7.05 Å². The first-order chi connectivity index (χ1) is 12.8. The third kappa shape index (κ3) is 3.51. The van der Waals surface area contributed by atoms with Gasteiger partial charge in [0.1, 0.15) is 5.75 Å². The highest BCUT2D eigenvalue weighted by atomic mass is 32.2. The predicted molar refractivity (Wildman–Crippen MR) is 101 cm³/mol. The highest BCUT2D eigenvalue weighted by Crippen LogP contribution is 2.24. The standard InChI is InChI=1S/C17H16N6O3S/c1-22-14-5-3-11(7-13(14)8-18-22)12-4-6-15-19-17(21-23(15)9-12)20-16(24)10-27(2,25)26/h3-9H,10H2,1-2H3,(H,20,21,24). The molecule has 10 heteroatoms. The zero-order chi connectivity index (χ0) is 19.2. The zero-order valence-corrected chi connectivity index (χ0v) is 15.4. The molecule has 3 heterocycles. The smallest absolute Gasteiger partial charge is 0.249 e. The molecule has 138 valence electrons. The van der Waals surface area contributed by atoms with E-state index in [4.69, 9.17) is 0 Å². The van der Waals surface area contributed by atoms with Gasteiger partial charge in [0.25, 0.3) is 0 Å². The van der Waals surface area contributed by atoms with Crippen molar-refractivity contribution in [1.29, 1.82) is 0 Å². The van der Waals surface area contributed by atoms with Crippen molar-refractivity contribution in [2.45, 2.75) is 0 Å². The van der Waals surface area contributed by atoms with Crippen LogP contribution in [0.15, 0.2) is 42.7 Å². The number of anilines is 1. The molecule has 0 saturated heterocycles. The van der Waals surface area contributed by atoms with E-state index in [1.807, 2.05) is 42.2 Å². The van der Waals surface area contributed by atoms with E-state index in [1.54, 1.807) is 16.8 Å². The predicted octanol–water partition coefficient (Wildman–Crippen LogP) is 1.27. The largest absolute Gasteiger partial charge is 0.292 e. The van der Waals surface area contributed by atoms with Gasteiger partial charge in [-0.05, 0) is 29.8 Å². The van der Waals surface area contributed by atoms with Crippen LogP contribution in [0.3, 0.4) is 0 Å². The molecule has 0 aliphatic rings. The lowest BCUT2D eigenvalue weighted by Crippen LogP contribution is -2.22. The second-order valence-corrected chi connectivity index (χ2v) is 8.46. The van der Waals surface area contributed by atoms with Crippen LogP contribution in [0.1, 0.15) is 0 Å². The molecule has 1 N–H and O–H groups in total. The van der Waals surface area contributed by atoms with Crippen molar-refractivity contribution in [2.75, 3.05) is 17.3 Å². The molecule has 4 rings (SSSR count). The van der Waals surface area contributed by atoms with E-state index in [1.165, 1.54) is 0 Å². The van der Waals surface area contributed by atoms with Crippen molar-refractivity contribution in [3.8, 4) is 11.1 Å². The molecule has 0 saturated carbocycles. The minimum absolute atomic E-state index is 0.0588. The Labute approximate surface area is 154 Å². The van der Waals surface area contributed by atoms with Gasteiger partial charge in [0.2, 0.25) is 11.9 Å². The Hall–Kier alpha value is -3.27. The molecule has 27 heavy (non-hydrogen) atoms. The number of amides is 1. The Kier molecular flexibility index (Phi) is 3.92. The van der Waals surface area contributed by atoms with Gasteiger partial charge in [-0.3, -0.25) is 14.8 Å². The zero-order valence-electron chi connectivity index (χ0n) is 14.6. The van der Waals surface area contributed by atoms with E-state index in [0.717, 1.165) is 28.3 Å². The number of aryl methyl sites for hydroxylation is 1. The summed E-state index contributed by atoms with van der Waals surface area (Å²) in [4.78, 5) is 15.9. The first kappa shape index (κ1) is 17.2. The molecule has 9 nitrogen and oxygen atoms in total. The van der Waals surface area contributed by atoms with Crippen LogP contribution >= 0.6 is 0 Å². The van der Waals surface area contributed by atoms with Gasteiger partial charge in [-0.1, -0.05) is 6.07 Å². The summed E-state index contributed by atoms with van der Waals surface area (Å²) in [5.41, 5.74) is 3.50. The number of sulfone groups is 1. The Morgan fingerprint density at radius 1 is 1.19 bits per heavy atom. The molecule has 4 aromatic rings. The van der Waals surface area contributed by atoms with E-state index in [2.05, 4.69) is 20.5 Å². The van der Waals surface area contributed by atoms with Crippen LogP contribution < -0.4 is 5.32 Å². The molecular weight excluding hydrogens is 368 g/mol. The summed E-state index contributed by atoms with van der Waals surface area (Å²) in [6, 6.07) is 9.72. The van der Waals surface area contributed by atoms with Gasteiger partial charge in [0, 0.05) is 30.4 Å². The first-order valence-electron chi connectivity index (χ1n) is 8.05. The van der Waals surface area contributed by atoms with Crippen molar-refractivity contribution in [1.82, 2.24) is 24.4 Å². The minimum atomic E-state index is -3.41. The molecule has 1 aromatic carbocycles. The lowest BCUT2D eigenvalue weighted by atomic mass is 10.1. The summed E-state index contributed by atoms with van der Waals surface area (Å²) in [6.07, 6.45) is 4.60. The fraction of sp³-hybridized carbons (Fsp3) is 0.176. The molecule has 0 aliphatic heterocycles. The van der Waals surface area contributed by atoms with Gasteiger partial charge >= 0.3 is 0 Å². The van der Waals surface area contributed by atoms with Crippen LogP contribution in [0.4, 0.5) is 5.95 Å². The average Bonchev–Trinajstić information content (AvgIpc) is 3.15. The highest BCUT2D eigenvalue weighted by molar-refractivity contribution is 7.91. The average molecular weight is 384 g/mol. The number of carbonyl (C=O) groups excluding carboxylic acids is 1. The third-order valence-corrected chi connectivity index (χ3v) is 4.84. The molecule has 0 aliphatic carbocycles.